The van der Waals surface area contributed by atoms with Crippen molar-refractivity contribution in [1.29, 1.82) is 0 Å². The van der Waals surface area contributed by atoms with E-state index in [1.54, 1.807) is 17.5 Å². The molecule has 9 heteroatoms. The van der Waals surface area contributed by atoms with Gasteiger partial charge in [-0.25, -0.2) is 13.4 Å². The zero-order valence-corrected chi connectivity index (χ0v) is 16.7. The number of methoxy groups -OCH3 is 1. The fraction of sp³-hybridized carbons (Fsp3) is 0.444. The van der Waals surface area contributed by atoms with Gasteiger partial charge in [-0.1, -0.05) is 19.3 Å². The molecule has 0 atom stereocenters. The molecule has 2 aromatic rings. The second-order valence-corrected chi connectivity index (χ2v) is 9.04. The van der Waals surface area contributed by atoms with Gasteiger partial charge >= 0.3 is 0 Å². The Bertz CT molecular complexity index is 872. The van der Waals surface area contributed by atoms with Gasteiger partial charge in [0.05, 0.1) is 24.1 Å². The molecule has 0 aliphatic heterocycles. The SMILES string of the molecule is COc1ccc(S(=O)(=O)Nc2nc(CC(=O)NC3CCCCC3)cs2)cc1. The number of carbonyl (C=O) groups excluding carboxylic acids is 1. The number of amides is 1. The first-order valence-electron chi connectivity index (χ1n) is 8.87. The van der Waals surface area contributed by atoms with Crippen molar-refractivity contribution in [3.63, 3.8) is 0 Å². The first-order valence-corrected chi connectivity index (χ1v) is 11.2. The molecule has 27 heavy (non-hydrogen) atoms. The largest absolute Gasteiger partial charge is 0.497 e. The molecule has 146 valence electrons. The van der Waals surface area contributed by atoms with Gasteiger partial charge in [0.25, 0.3) is 10.0 Å². The molecule has 1 aromatic carbocycles. The van der Waals surface area contributed by atoms with Crippen LogP contribution < -0.4 is 14.8 Å². The van der Waals surface area contributed by atoms with Gasteiger partial charge in [-0.05, 0) is 37.1 Å². The van der Waals surface area contributed by atoms with Crippen LogP contribution in [0.15, 0.2) is 34.5 Å². The zero-order valence-electron chi connectivity index (χ0n) is 15.1. The third-order valence-corrected chi connectivity index (χ3v) is 6.75. The predicted molar refractivity (Wildman–Crippen MR) is 105 cm³/mol. The Labute approximate surface area is 163 Å². The third-order valence-electron chi connectivity index (χ3n) is 4.46. The molecule has 1 aromatic heterocycles. The summed E-state index contributed by atoms with van der Waals surface area (Å²) in [6.07, 6.45) is 5.73. The molecule has 1 aliphatic carbocycles. The van der Waals surface area contributed by atoms with Crippen LogP contribution in [0, 0.1) is 0 Å². The van der Waals surface area contributed by atoms with Gasteiger partial charge in [0, 0.05) is 11.4 Å². The molecule has 0 bridgehead atoms. The fourth-order valence-corrected chi connectivity index (χ4v) is 5.02. The quantitative estimate of drug-likeness (QED) is 0.733. The van der Waals surface area contributed by atoms with Crippen molar-refractivity contribution in [2.75, 3.05) is 11.8 Å². The number of thiazole rings is 1. The Kier molecular flexibility index (Phi) is 6.33. The van der Waals surface area contributed by atoms with Gasteiger partial charge in [0.15, 0.2) is 5.13 Å². The van der Waals surface area contributed by atoms with Gasteiger partial charge in [0.2, 0.25) is 5.91 Å². The summed E-state index contributed by atoms with van der Waals surface area (Å²) in [6, 6.07) is 6.34. The molecule has 0 spiro atoms. The number of carbonyl (C=O) groups is 1. The smallest absolute Gasteiger partial charge is 0.263 e. The average molecular weight is 410 g/mol. The lowest BCUT2D eigenvalue weighted by atomic mass is 9.95. The summed E-state index contributed by atoms with van der Waals surface area (Å²) in [5, 5.41) is 4.98. The Morgan fingerprint density at radius 2 is 1.93 bits per heavy atom. The third kappa shape index (κ3) is 5.43. The van der Waals surface area contributed by atoms with E-state index in [2.05, 4.69) is 15.0 Å². The Hall–Kier alpha value is -2.13. The van der Waals surface area contributed by atoms with Crippen molar-refractivity contribution < 1.29 is 17.9 Å². The van der Waals surface area contributed by atoms with Crippen molar-refractivity contribution in [2.24, 2.45) is 0 Å². The minimum absolute atomic E-state index is 0.0724. The number of sulfonamides is 1. The predicted octanol–water partition coefficient (Wildman–Crippen LogP) is 2.94. The van der Waals surface area contributed by atoms with Gasteiger partial charge in [-0.15, -0.1) is 11.3 Å². The topological polar surface area (TPSA) is 97.4 Å². The minimum Gasteiger partial charge on any atom is -0.497 e. The van der Waals surface area contributed by atoms with Crippen LogP contribution in [0.4, 0.5) is 5.13 Å². The normalized spacial score (nSPS) is 15.3. The second-order valence-electron chi connectivity index (χ2n) is 6.50. The molecule has 1 amide bonds. The summed E-state index contributed by atoms with van der Waals surface area (Å²) in [5.74, 6) is 0.506. The first-order chi connectivity index (χ1) is 13.0. The lowest BCUT2D eigenvalue weighted by Crippen LogP contribution is -2.37. The number of hydrogen-bond acceptors (Lipinski definition) is 6. The van der Waals surface area contributed by atoms with Crippen LogP contribution in [0.3, 0.4) is 0 Å². The maximum absolute atomic E-state index is 12.4. The minimum atomic E-state index is -3.73. The van der Waals surface area contributed by atoms with E-state index in [0.717, 1.165) is 37.0 Å². The summed E-state index contributed by atoms with van der Waals surface area (Å²) in [4.78, 5) is 16.5. The average Bonchev–Trinajstić information content (AvgIpc) is 3.08. The summed E-state index contributed by atoms with van der Waals surface area (Å²) in [6.45, 7) is 0. The molecule has 7 nitrogen and oxygen atoms in total. The fourth-order valence-electron chi connectivity index (χ4n) is 3.05. The Balaban J connectivity index is 1.58. The highest BCUT2D eigenvalue weighted by Crippen LogP contribution is 2.22. The van der Waals surface area contributed by atoms with Gasteiger partial charge in [0.1, 0.15) is 5.75 Å². The van der Waals surface area contributed by atoms with E-state index >= 15 is 0 Å². The molecule has 0 unspecified atom stereocenters. The number of ether oxygens (including phenoxy) is 1. The van der Waals surface area contributed by atoms with E-state index in [9.17, 15) is 13.2 Å². The van der Waals surface area contributed by atoms with E-state index in [0.29, 0.717) is 11.4 Å². The highest BCUT2D eigenvalue weighted by Gasteiger charge is 2.19. The van der Waals surface area contributed by atoms with Crippen LogP contribution >= 0.6 is 11.3 Å². The van der Waals surface area contributed by atoms with Crippen LogP contribution in [0.25, 0.3) is 0 Å². The lowest BCUT2D eigenvalue weighted by Gasteiger charge is -2.22. The number of anilines is 1. The monoisotopic (exact) mass is 409 g/mol. The summed E-state index contributed by atoms with van der Waals surface area (Å²) >= 11 is 1.16. The van der Waals surface area contributed by atoms with Crippen molar-refractivity contribution >= 4 is 32.4 Å². The molecule has 0 radical (unpaired) electrons. The van der Waals surface area contributed by atoms with Crippen LogP contribution in [0.1, 0.15) is 37.8 Å². The van der Waals surface area contributed by atoms with Crippen LogP contribution in [0.5, 0.6) is 5.75 Å². The maximum atomic E-state index is 12.4. The lowest BCUT2D eigenvalue weighted by molar-refractivity contribution is -0.121. The molecular formula is C18H23N3O4S2. The molecule has 3 rings (SSSR count). The summed E-state index contributed by atoms with van der Waals surface area (Å²) in [7, 11) is -2.22. The van der Waals surface area contributed by atoms with Crippen molar-refractivity contribution in [3.05, 3.63) is 35.3 Å². The standard InChI is InChI=1S/C18H23N3O4S2/c1-25-15-7-9-16(10-8-15)27(23,24)21-18-20-14(12-26-18)11-17(22)19-13-5-3-2-4-6-13/h7-10,12-13H,2-6,11H2,1H3,(H,19,22)(H,20,21). The van der Waals surface area contributed by atoms with E-state index in [4.69, 9.17) is 4.74 Å². The maximum Gasteiger partial charge on any atom is 0.263 e. The highest BCUT2D eigenvalue weighted by molar-refractivity contribution is 7.93. The number of benzene rings is 1. The molecule has 1 fully saturated rings. The summed E-state index contributed by atoms with van der Waals surface area (Å²) < 4.78 is 32.3. The van der Waals surface area contributed by atoms with Gasteiger partial charge < -0.3 is 10.1 Å². The molecule has 0 saturated heterocycles. The summed E-state index contributed by atoms with van der Waals surface area (Å²) in [5.41, 5.74) is 0.556. The number of aromatic nitrogens is 1. The van der Waals surface area contributed by atoms with Crippen molar-refractivity contribution in [2.45, 2.75) is 49.5 Å². The zero-order chi connectivity index (χ0) is 19.3. The van der Waals surface area contributed by atoms with E-state index in [1.165, 1.54) is 25.7 Å². The van der Waals surface area contributed by atoms with Crippen LogP contribution in [-0.2, 0) is 21.2 Å². The highest BCUT2D eigenvalue weighted by atomic mass is 32.2. The number of nitrogens with one attached hydrogen (secondary N) is 2. The van der Waals surface area contributed by atoms with E-state index in [1.807, 2.05) is 0 Å². The first kappa shape index (κ1) is 19.6. The molecule has 1 heterocycles. The van der Waals surface area contributed by atoms with E-state index < -0.39 is 10.0 Å². The molecule has 2 N–H and O–H groups in total. The van der Waals surface area contributed by atoms with Crippen LogP contribution in [-0.4, -0.2) is 32.5 Å². The van der Waals surface area contributed by atoms with Crippen molar-refractivity contribution in [1.82, 2.24) is 10.3 Å². The Morgan fingerprint density at radius 3 is 2.59 bits per heavy atom. The molecule has 1 saturated carbocycles. The van der Waals surface area contributed by atoms with E-state index in [-0.39, 0.29) is 28.4 Å². The second kappa shape index (κ2) is 8.71. The number of rotatable bonds is 7. The molecular weight excluding hydrogens is 386 g/mol. The number of nitrogens with zero attached hydrogens (tertiary/aromatic N) is 1. The van der Waals surface area contributed by atoms with Crippen LogP contribution in [0.2, 0.25) is 0 Å². The number of hydrogen-bond donors (Lipinski definition) is 2. The molecule has 1 aliphatic rings. The van der Waals surface area contributed by atoms with Gasteiger partial charge in [-0.3, -0.25) is 9.52 Å². The van der Waals surface area contributed by atoms with Gasteiger partial charge in [-0.2, -0.15) is 0 Å². The van der Waals surface area contributed by atoms with Crippen molar-refractivity contribution in [3.8, 4) is 5.75 Å². The Morgan fingerprint density at radius 1 is 1.22 bits per heavy atom.